The summed E-state index contributed by atoms with van der Waals surface area (Å²) in [5.41, 5.74) is 15.8. The lowest BCUT2D eigenvalue weighted by atomic mass is 10.0. The Hall–Kier alpha value is -6.91. The molecule has 1 aliphatic heterocycles. The predicted octanol–water partition coefficient (Wildman–Crippen LogP) is 11.9. The summed E-state index contributed by atoms with van der Waals surface area (Å²) in [6.45, 7) is 0. The Morgan fingerprint density at radius 1 is 0.423 bits per heavy atom. The average molecular weight is 666 g/mol. The number of fused-ring (bicyclic) bond motifs is 8. The molecule has 0 amide bonds. The van der Waals surface area contributed by atoms with Gasteiger partial charge in [0.2, 0.25) is 0 Å². The lowest BCUT2D eigenvalue weighted by Gasteiger charge is -2.26. The van der Waals surface area contributed by atoms with Crippen molar-refractivity contribution in [1.82, 2.24) is 4.57 Å². The molecule has 2 aliphatic rings. The first-order valence-corrected chi connectivity index (χ1v) is 17.9. The molecule has 4 nitrogen and oxygen atoms in total. The number of aromatic nitrogens is 2. The highest BCUT2D eigenvalue weighted by Gasteiger charge is 2.43. The van der Waals surface area contributed by atoms with Crippen LogP contribution in [-0.2, 0) is 0 Å². The van der Waals surface area contributed by atoms with Crippen molar-refractivity contribution in [2.75, 3.05) is 9.80 Å². The fourth-order valence-electron chi connectivity index (χ4n) is 8.67. The quantitative estimate of drug-likeness (QED) is 0.164. The van der Waals surface area contributed by atoms with Crippen LogP contribution in [0.4, 0.5) is 34.1 Å². The molecule has 0 N–H and O–H groups in total. The number of nitrogens with zero attached hydrogens (tertiary/aromatic N) is 4. The fourth-order valence-corrected chi connectivity index (χ4v) is 8.67. The monoisotopic (exact) mass is 665 g/mol. The van der Waals surface area contributed by atoms with Gasteiger partial charge in [-0.25, -0.2) is 4.57 Å². The van der Waals surface area contributed by atoms with Gasteiger partial charge in [0.1, 0.15) is 11.2 Å². The number of pyridine rings is 1. The molecule has 4 heteroatoms. The zero-order valence-electron chi connectivity index (χ0n) is 28.3. The Morgan fingerprint density at radius 2 is 0.981 bits per heavy atom. The molecule has 52 heavy (non-hydrogen) atoms. The Labute approximate surface area is 302 Å². The summed E-state index contributed by atoms with van der Waals surface area (Å²) >= 11 is 0. The van der Waals surface area contributed by atoms with E-state index in [-0.39, 0.29) is 6.04 Å². The molecule has 7 aromatic carbocycles. The molecular weight excluding hydrogens is 633 g/mol. The summed E-state index contributed by atoms with van der Waals surface area (Å²) in [6.07, 6.45) is 2.27. The SMILES string of the molecule is c1ccc(N(c2ccccc2)c2ccc3c(c2)-c2cccc4c2C3[n+]2cccc3c5cc(N(c6ccccc6)c6ccccc6)ccc5n-4c32)cc1. The maximum atomic E-state index is 2.50. The van der Waals surface area contributed by atoms with E-state index >= 15 is 0 Å². The first-order chi connectivity index (χ1) is 25.8. The second-order valence-electron chi connectivity index (χ2n) is 13.6. The van der Waals surface area contributed by atoms with Crippen molar-refractivity contribution in [2.45, 2.75) is 6.04 Å². The molecule has 1 unspecified atom stereocenters. The van der Waals surface area contributed by atoms with E-state index in [4.69, 9.17) is 0 Å². The van der Waals surface area contributed by atoms with Crippen molar-refractivity contribution in [3.8, 4) is 16.8 Å². The number of hydrogen-bond acceptors (Lipinski definition) is 2. The van der Waals surface area contributed by atoms with Crippen LogP contribution in [0, 0.1) is 0 Å². The highest BCUT2D eigenvalue weighted by Crippen LogP contribution is 2.51. The van der Waals surface area contributed by atoms with E-state index in [2.05, 4.69) is 213 Å². The minimum atomic E-state index is 0.0854. The van der Waals surface area contributed by atoms with Gasteiger partial charge < -0.3 is 9.80 Å². The van der Waals surface area contributed by atoms with Crippen LogP contribution in [0.15, 0.2) is 194 Å². The number of rotatable bonds is 6. The molecule has 0 saturated heterocycles. The van der Waals surface area contributed by atoms with Crippen molar-refractivity contribution in [1.29, 1.82) is 0 Å². The smallest absolute Gasteiger partial charge is 0.295 e. The predicted molar refractivity (Wildman–Crippen MR) is 213 cm³/mol. The van der Waals surface area contributed by atoms with Crippen LogP contribution in [0.5, 0.6) is 0 Å². The molecule has 0 saturated carbocycles. The molecule has 244 valence electrons. The molecule has 0 fully saturated rings. The second kappa shape index (κ2) is 11.3. The van der Waals surface area contributed by atoms with E-state index in [1.165, 1.54) is 49.9 Å². The van der Waals surface area contributed by atoms with Gasteiger partial charge in [-0.2, -0.15) is 4.57 Å². The first-order valence-electron chi connectivity index (χ1n) is 17.9. The largest absolute Gasteiger partial charge is 0.310 e. The molecule has 1 aliphatic carbocycles. The van der Waals surface area contributed by atoms with Gasteiger partial charge in [-0.1, -0.05) is 91.0 Å². The summed E-state index contributed by atoms with van der Waals surface area (Å²) in [6, 6.07) is 68.1. The average Bonchev–Trinajstić information content (AvgIpc) is 3.73. The number of hydrogen-bond donors (Lipinski definition) is 0. The fraction of sp³-hybridized carbons (Fsp3) is 0.0208. The third-order valence-corrected chi connectivity index (χ3v) is 10.8. The van der Waals surface area contributed by atoms with Crippen LogP contribution >= 0.6 is 0 Å². The Kier molecular flexibility index (Phi) is 6.28. The van der Waals surface area contributed by atoms with Crippen molar-refractivity contribution in [2.24, 2.45) is 0 Å². The van der Waals surface area contributed by atoms with Crippen molar-refractivity contribution in [3.63, 3.8) is 0 Å². The highest BCUT2D eigenvalue weighted by atomic mass is 15.2. The minimum absolute atomic E-state index is 0.0854. The maximum Gasteiger partial charge on any atom is 0.295 e. The normalized spacial score (nSPS) is 13.6. The lowest BCUT2D eigenvalue weighted by molar-refractivity contribution is -0.682. The van der Waals surface area contributed by atoms with Crippen LogP contribution in [0.1, 0.15) is 17.2 Å². The van der Waals surface area contributed by atoms with Gasteiger partial charge in [0.25, 0.3) is 5.65 Å². The third kappa shape index (κ3) is 4.18. The molecule has 9 aromatic rings. The van der Waals surface area contributed by atoms with Gasteiger partial charge in [-0.3, -0.25) is 0 Å². The van der Waals surface area contributed by atoms with Crippen molar-refractivity contribution >= 4 is 56.1 Å². The molecule has 0 radical (unpaired) electrons. The standard InChI is InChI=1S/C48H33N4/c1-5-15-33(16-6-1)50(34-17-7-2-8-18-34)37-26-28-40-42(31-37)39-23-13-25-45-46(39)47(40)49-30-14-24-41-43-32-38(27-29-44(43)52(45)48(41)49)51(35-19-9-3-10-20-35)36-21-11-4-12-22-36/h1-32,47H/q+1. The van der Waals surface area contributed by atoms with E-state index in [1.54, 1.807) is 0 Å². The molecule has 2 aromatic heterocycles. The zero-order chi connectivity index (χ0) is 34.2. The topological polar surface area (TPSA) is 15.3 Å². The highest BCUT2D eigenvalue weighted by molar-refractivity contribution is 6.09. The molecule has 11 rings (SSSR count). The van der Waals surface area contributed by atoms with Crippen LogP contribution in [0.25, 0.3) is 38.8 Å². The van der Waals surface area contributed by atoms with E-state index in [1.807, 2.05) is 0 Å². The summed E-state index contributed by atoms with van der Waals surface area (Å²) < 4.78 is 5.00. The molecule has 0 spiro atoms. The van der Waals surface area contributed by atoms with Crippen molar-refractivity contribution < 1.29 is 4.57 Å². The molecule has 3 heterocycles. The summed E-state index contributed by atoms with van der Waals surface area (Å²) in [5.74, 6) is 0. The maximum absolute atomic E-state index is 2.50. The van der Waals surface area contributed by atoms with E-state index in [9.17, 15) is 0 Å². The zero-order valence-corrected chi connectivity index (χ0v) is 28.3. The van der Waals surface area contributed by atoms with E-state index in [0.29, 0.717) is 0 Å². The van der Waals surface area contributed by atoms with E-state index in [0.717, 1.165) is 34.1 Å². The first kappa shape index (κ1) is 28.9. The summed E-state index contributed by atoms with van der Waals surface area (Å²) in [4.78, 5) is 4.70. The Balaban J connectivity index is 1.10. The summed E-state index contributed by atoms with van der Waals surface area (Å²) in [5, 5.41) is 2.49. The lowest BCUT2D eigenvalue weighted by Crippen LogP contribution is -2.44. The molecule has 1 atom stereocenters. The van der Waals surface area contributed by atoms with Crippen molar-refractivity contribution in [3.05, 3.63) is 205 Å². The number of para-hydroxylation sites is 4. The summed E-state index contributed by atoms with van der Waals surface area (Å²) in [7, 11) is 0. The third-order valence-electron chi connectivity index (χ3n) is 10.8. The molecule has 0 bridgehead atoms. The number of anilines is 6. The number of benzene rings is 7. The Bertz CT molecular complexity index is 2710. The van der Waals surface area contributed by atoms with Gasteiger partial charge in [-0.15, -0.1) is 0 Å². The minimum Gasteiger partial charge on any atom is -0.310 e. The second-order valence-corrected chi connectivity index (χ2v) is 13.6. The van der Waals surface area contributed by atoms with Gasteiger partial charge >= 0.3 is 0 Å². The van der Waals surface area contributed by atoms with Crippen LogP contribution in [0.3, 0.4) is 0 Å². The Morgan fingerprint density at radius 3 is 1.58 bits per heavy atom. The van der Waals surface area contributed by atoms with Gasteiger partial charge in [0.05, 0.1) is 17.1 Å². The molecular formula is C48H33N4+. The van der Waals surface area contributed by atoms with Crippen LogP contribution < -0.4 is 14.4 Å². The van der Waals surface area contributed by atoms with Gasteiger partial charge in [0.15, 0.2) is 6.04 Å². The van der Waals surface area contributed by atoms with Crippen LogP contribution in [-0.4, -0.2) is 4.57 Å². The van der Waals surface area contributed by atoms with E-state index < -0.39 is 0 Å². The van der Waals surface area contributed by atoms with Gasteiger partial charge in [-0.05, 0) is 108 Å². The van der Waals surface area contributed by atoms with Crippen LogP contribution in [0.2, 0.25) is 0 Å². The van der Waals surface area contributed by atoms with Gasteiger partial charge in [0, 0.05) is 45.1 Å².